The summed E-state index contributed by atoms with van der Waals surface area (Å²) in [6.45, 7) is 3.36. The normalized spacial score (nSPS) is 25.0. The van der Waals surface area contributed by atoms with Gasteiger partial charge in [0.2, 0.25) is 0 Å². The van der Waals surface area contributed by atoms with E-state index in [0.29, 0.717) is 35.1 Å². The molecule has 1 aromatic carbocycles. The van der Waals surface area contributed by atoms with Crippen LogP contribution in [-0.4, -0.2) is 30.9 Å². The summed E-state index contributed by atoms with van der Waals surface area (Å²) in [6, 6.07) is 3.34. The number of ketones is 1. The highest BCUT2D eigenvalue weighted by Gasteiger charge is 2.42. The number of Topliss-reactive ketones (excluding diaryl/α,β-unsaturated/α-hetero) is 1. The third-order valence-electron chi connectivity index (χ3n) is 5.78. The fourth-order valence-corrected chi connectivity index (χ4v) is 4.31. The van der Waals surface area contributed by atoms with Gasteiger partial charge in [-0.15, -0.1) is 0 Å². The molecule has 2 aliphatic carbocycles. The number of nitrogens with one attached hydrogen (secondary N) is 1. The molecule has 6 nitrogen and oxygen atoms in total. The molecule has 0 radical (unpaired) electrons. The Hall–Kier alpha value is -2.08. The van der Waals surface area contributed by atoms with Crippen LogP contribution < -0.4 is 10.1 Å². The number of rotatable bonds is 5. The molecule has 0 heterocycles. The number of aryl methyl sites for hydroxylation is 1. The Labute approximate surface area is 169 Å². The highest BCUT2D eigenvalue weighted by molar-refractivity contribution is 6.31. The predicted octanol–water partition coefficient (Wildman–Crippen LogP) is 3.92. The van der Waals surface area contributed by atoms with E-state index in [1.54, 1.807) is 12.1 Å². The number of halogens is 1. The first-order valence-corrected chi connectivity index (χ1v) is 10.1. The van der Waals surface area contributed by atoms with Gasteiger partial charge in [-0.05, 0) is 51.2 Å². The monoisotopic (exact) mass is 407 g/mol. The standard InChI is InChI=1S/C21H26ClNO5/c1-11-7-17(18(27-3)10-16(11)22)23-20(25)12(2)28-21(26)15-8-13-5-4-6-14(9-15)19(13)24/h7,10,12-15H,4-6,8-9H2,1-3H3,(H,23,25)/t12-,13-,14+,15?/m0/s1. The maximum atomic E-state index is 12.6. The topological polar surface area (TPSA) is 81.7 Å². The van der Waals surface area contributed by atoms with Crippen LogP contribution in [0.3, 0.4) is 0 Å². The van der Waals surface area contributed by atoms with Crippen molar-refractivity contribution in [3.8, 4) is 5.75 Å². The summed E-state index contributed by atoms with van der Waals surface area (Å²) >= 11 is 6.08. The van der Waals surface area contributed by atoms with Gasteiger partial charge in [-0.2, -0.15) is 0 Å². The summed E-state index contributed by atoms with van der Waals surface area (Å²) in [7, 11) is 1.49. The van der Waals surface area contributed by atoms with Gasteiger partial charge in [0, 0.05) is 22.9 Å². The number of benzene rings is 1. The molecule has 7 heteroatoms. The van der Waals surface area contributed by atoms with E-state index in [9.17, 15) is 14.4 Å². The van der Waals surface area contributed by atoms with Crippen LogP contribution in [0.25, 0.3) is 0 Å². The van der Waals surface area contributed by atoms with E-state index in [0.717, 1.165) is 24.8 Å². The maximum Gasteiger partial charge on any atom is 0.309 e. The van der Waals surface area contributed by atoms with Crippen LogP contribution in [0.2, 0.25) is 5.02 Å². The van der Waals surface area contributed by atoms with Crippen molar-refractivity contribution in [2.45, 2.75) is 52.1 Å². The van der Waals surface area contributed by atoms with Crippen molar-refractivity contribution in [2.24, 2.45) is 17.8 Å². The van der Waals surface area contributed by atoms with Crippen molar-refractivity contribution in [3.63, 3.8) is 0 Å². The summed E-state index contributed by atoms with van der Waals surface area (Å²) in [4.78, 5) is 37.3. The molecule has 2 bridgehead atoms. The summed E-state index contributed by atoms with van der Waals surface area (Å²) in [5.41, 5.74) is 1.26. The van der Waals surface area contributed by atoms with Gasteiger partial charge < -0.3 is 14.8 Å². The minimum Gasteiger partial charge on any atom is -0.495 e. The lowest BCUT2D eigenvalue weighted by atomic mass is 9.67. The molecule has 2 aliphatic rings. The number of methoxy groups -OCH3 is 1. The third kappa shape index (κ3) is 4.32. The van der Waals surface area contributed by atoms with Crippen LogP contribution in [-0.2, 0) is 19.1 Å². The molecule has 1 aromatic rings. The van der Waals surface area contributed by atoms with Crippen molar-refractivity contribution >= 4 is 34.9 Å². The molecule has 0 saturated heterocycles. The number of hydrogen-bond acceptors (Lipinski definition) is 5. The number of fused-ring (bicyclic) bond motifs is 2. The third-order valence-corrected chi connectivity index (χ3v) is 6.19. The molecule has 152 valence electrons. The van der Waals surface area contributed by atoms with Gasteiger partial charge in [-0.25, -0.2) is 0 Å². The number of anilines is 1. The zero-order valence-corrected chi connectivity index (χ0v) is 17.2. The zero-order valence-electron chi connectivity index (χ0n) is 16.4. The Bertz CT molecular complexity index is 777. The van der Waals surface area contributed by atoms with Crippen LogP contribution in [0.5, 0.6) is 5.75 Å². The van der Waals surface area contributed by atoms with Crippen LogP contribution in [0, 0.1) is 24.7 Å². The quantitative estimate of drug-likeness (QED) is 0.748. The number of amides is 1. The molecule has 1 amide bonds. The van der Waals surface area contributed by atoms with E-state index < -0.39 is 18.0 Å². The first-order chi connectivity index (χ1) is 13.3. The minimum atomic E-state index is -0.953. The highest BCUT2D eigenvalue weighted by atomic mass is 35.5. The molecule has 0 spiro atoms. The summed E-state index contributed by atoms with van der Waals surface area (Å²) < 4.78 is 10.7. The van der Waals surface area contributed by atoms with E-state index >= 15 is 0 Å². The van der Waals surface area contributed by atoms with Gasteiger partial charge in [0.15, 0.2) is 6.10 Å². The maximum absolute atomic E-state index is 12.6. The van der Waals surface area contributed by atoms with Gasteiger partial charge >= 0.3 is 5.97 Å². The minimum absolute atomic E-state index is 0.0320. The van der Waals surface area contributed by atoms with Crippen molar-refractivity contribution in [2.75, 3.05) is 12.4 Å². The molecule has 1 unspecified atom stereocenters. The fourth-order valence-electron chi connectivity index (χ4n) is 4.16. The number of ether oxygens (including phenoxy) is 2. The summed E-state index contributed by atoms with van der Waals surface area (Å²) in [5.74, 6) is -0.485. The second-order valence-corrected chi connectivity index (χ2v) is 8.17. The second kappa shape index (κ2) is 8.52. The average Bonchev–Trinajstić information content (AvgIpc) is 2.64. The summed E-state index contributed by atoms with van der Waals surface area (Å²) in [6.07, 6.45) is 2.87. The Morgan fingerprint density at radius 2 is 1.86 bits per heavy atom. The smallest absolute Gasteiger partial charge is 0.309 e. The van der Waals surface area contributed by atoms with Crippen molar-refractivity contribution in [1.29, 1.82) is 0 Å². The number of hydrogen-bond donors (Lipinski definition) is 1. The number of carbonyl (C=O) groups excluding carboxylic acids is 3. The second-order valence-electron chi connectivity index (χ2n) is 7.77. The molecular weight excluding hydrogens is 382 g/mol. The lowest BCUT2D eigenvalue weighted by Gasteiger charge is -2.36. The van der Waals surface area contributed by atoms with Gasteiger partial charge in [-0.3, -0.25) is 14.4 Å². The van der Waals surface area contributed by atoms with E-state index in [1.807, 2.05) is 6.92 Å². The molecule has 3 rings (SSSR count). The molecule has 2 saturated carbocycles. The Balaban J connectivity index is 1.61. The van der Waals surface area contributed by atoms with Crippen LogP contribution in [0.4, 0.5) is 5.69 Å². The molecule has 28 heavy (non-hydrogen) atoms. The van der Waals surface area contributed by atoms with Gasteiger partial charge in [0.25, 0.3) is 5.91 Å². The van der Waals surface area contributed by atoms with Crippen LogP contribution in [0.1, 0.15) is 44.6 Å². The number of carbonyl (C=O) groups is 3. The fraction of sp³-hybridized carbons (Fsp3) is 0.571. The zero-order chi connectivity index (χ0) is 20.4. The highest BCUT2D eigenvalue weighted by Crippen LogP contribution is 2.40. The molecule has 2 fully saturated rings. The molecule has 0 aromatic heterocycles. The SMILES string of the molecule is COc1cc(Cl)c(C)cc1NC(=O)[C@H](C)OC(=O)C1C[C@H]2CCC[C@@H](C1)C2=O. The van der Waals surface area contributed by atoms with E-state index in [1.165, 1.54) is 14.0 Å². The Morgan fingerprint density at radius 3 is 2.46 bits per heavy atom. The Morgan fingerprint density at radius 1 is 1.21 bits per heavy atom. The molecule has 0 aliphatic heterocycles. The van der Waals surface area contributed by atoms with Crippen LogP contribution in [0.15, 0.2) is 12.1 Å². The lowest BCUT2D eigenvalue weighted by molar-refractivity contribution is -0.161. The van der Waals surface area contributed by atoms with Gasteiger partial charge in [-0.1, -0.05) is 18.0 Å². The van der Waals surface area contributed by atoms with E-state index in [4.69, 9.17) is 21.1 Å². The first kappa shape index (κ1) is 20.6. The Kier molecular flexibility index (Phi) is 6.28. The van der Waals surface area contributed by atoms with E-state index in [2.05, 4.69) is 5.32 Å². The van der Waals surface area contributed by atoms with Crippen LogP contribution >= 0.6 is 11.6 Å². The first-order valence-electron chi connectivity index (χ1n) is 9.69. The van der Waals surface area contributed by atoms with Crippen molar-refractivity contribution < 1.29 is 23.9 Å². The van der Waals surface area contributed by atoms with Gasteiger partial charge in [0.05, 0.1) is 18.7 Å². The molecular formula is C21H26ClNO5. The molecule has 1 N–H and O–H groups in total. The van der Waals surface area contributed by atoms with Crippen molar-refractivity contribution in [1.82, 2.24) is 0 Å². The lowest BCUT2D eigenvalue weighted by Crippen LogP contribution is -2.41. The summed E-state index contributed by atoms with van der Waals surface area (Å²) in [5, 5.41) is 3.26. The number of esters is 1. The average molecular weight is 408 g/mol. The molecule has 4 atom stereocenters. The van der Waals surface area contributed by atoms with E-state index in [-0.39, 0.29) is 17.8 Å². The van der Waals surface area contributed by atoms with Gasteiger partial charge in [0.1, 0.15) is 11.5 Å². The van der Waals surface area contributed by atoms with Crippen molar-refractivity contribution in [3.05, 3.63) is 22.7 Å². The largest absolute Gasteiger partial charge is 0.495 e. The predicted molar refractivity (Wildman–Crippen MR) is 105 cm³/mol.